The summed E-state index contributed by atoms with van der Waals surface area (Å²) in [5, 5.41) is 25.1. The normalized spacial score (nSPS) is 16.5. The van der Waals surface area contributed by atoms with Gasteiger partial charge in [0.25, 0.3) is 0 Å². The van der Waals surface area contributed by atoms with E-state index >= 15 is 0 Å². The third-order valence-corrected chi connectivity index (χ3v) is 6.85. The van der Waals surface area contributed by atoms with Gasteiger partial charge in [0.2, 0.25) is 17.7 Å². The second-order valence-electron chi connectivity index (χ2n) is 9.28. The Hall–Kier alpha value is -4.45. The van der Waals surface area contributed by atoms with Crippen molar-refractivity contribution < 1.29 is 38.9 Å². The Labute approximate surface area is 224 Å². The highest BCUT2D eigenvalue weighted by Gasteiger charge is 2.35. The summed E-state index contributed by atoms with van der Waals surface area (Å²) in [6.45, 7) is -1.24. The van der Waals surface area contributed by atoms with E-state index in [1.165, 1.54) is 4.90 Å². The minimum absolute atomic E-state index is 0.0946. The van der Waals surface area contributed by atoms with E-state index in [-0.39, 0.29) is 19.1 Å². The van der Waals surface area contributed by atoms with E-state index in [9.17, 15) is 24.0 Å². The topological polar surface area (TPSA) is 174 Å². The van der Waals surface area contributed by atoms with E-state index < -0.39 is 61.6 Å². The van der Waals surface area contributed by atoms with Crippen LogP contribution in [0.3, 0.4) is 0 Å². The number of hydrogen-bond donors (Lipinski definition) is 5. The zero-order valence-corrected chi connectivity index (χ0v) is 21.1. The molecule has 4 amide bonds. The van der Waals surface area contributed by atoms with E-state index in [2.05, 4.69) is 16.0 Å². The first-order valence-electron chi connectivity index (χ1n) is 12.6. The van der Waals surface area contributed by atoms with Crippen molar-refractivity contribution in [2.24, 2.45) is 0 Å². The van der Waals surface area contributed by atoms with Crippen molar-refractivity contribution in [1.29, 1.82) is 0 Å². The average Bonchev–Trinajstić information content (AvgIpc) is 3.55. The number of aliphatic hydroxyl groups is 1. The third kappa shape index (κ3) is 6.34. The number of rotatable bonds is 10. The zero-order chi connectivity index (χ0) is 27.9. The molecule has 1 heterocycles. The van der Waals surface area contributed by atoms with Crippen molar-refractivity contribution in [2.75, 3.05) is 32.8 Å². The molecule has 0 spiro atoms. The lowest BCUT2D eigenvalue weighted by Gasteiger charge is -2.25. The molecule has 0 unspecified atom stereocenters. The van der Waals surface area contributed by atoms with Crippen LogP contribution in [0.1, 0.15) is 29.9 Å². The number of amides is 4. The van der Waals surface area contributed by atoms with Crippen LogP contribution in [0.4, 0.5) is 4.79 Å². The molecule has 1 fully saturated rings. The number of likely N-dealkylation sites (tertiary alicyclic amines) is 1. The molecular weight excluding hydrogens is 508 g/mol. The lowest BCUT2D eigenvalue weighted by Crippen LogP contribution is -2.53. The van der Waals surface area contributed by atoms with Crippen molar-refractivity contribution in [3.05, 3.63) is 59.7 Å². The van der Waals surface area contributed by atoms with E-state index in [1.54, 1.807) is 0 Å². The number of nitrogens with zero attached hydrogens (tertiary/aromatic N) is 1. The molecule has 2 aromatic rings. The molecule has 0 saturated carbocycles. The minimum atomic E-state index is -1.47. The number of carbonyl (C=O) groups excluding carboxylic acids is 4. The molecule has 0 bridgehead atoms. The Bertz CT molecular complexity index is 1220. The fraction of sp³-hybridized carbons (Fsp3) is 0.370. The van der Waals surface area contributed by atoms with Gasteiger partial charge in [0.05, 0.1) is 13.2 Å². The quantitative estimate of drug-likeness (QED) is 0.285. The molecule has 5 N–H and O–H groups in total. The molecule has 0 aromatic heterocycles. The summed E-state index contributed by atoms with van der Waals surface area (Å²) >= 11 is 0. The van der Waals surface area contributed by atoms with Crippen molar-refractivity contribution in [3.8, 4) is 11.1 Å². The summed E-state index contributed by atoms with van der Waals surface area (Å²) in [7, 11) is 0. The van der Waals surface area contributed by atoms with Crippen LogP contribution >= 0.6 is 0 Å². The van der Waals surface area contributed by atoms with Crippen LogP contribution in [-0.2, 0) is 23.9 Å². The molecule has 206 valence electrons. The maximum Gasteiger partial charge on any atom is 0.407 e. The summed E-state index contributed by atoms with van der Waals surface area (Å²) < 4.78 is 5.39. The number of fused-ring (bicyclic) bond motifs is 3. The summed E-state index contributed by atoms with van der Waals surface area (Å²) in [6, 6.07) is 13.5. The maximum absolute atomic E-state index is 12.6. The number of alkyl carbamates (subject to hydrolysis) is 1. The minimum Gasteiger partial charge on any atom is -0.480 e. The van der Waals surface area contributed by atoms with E-state index in [4.69, 9.17) is 14.9 Å². The number of benzene rings is 2. The monoisotopic (exact) mass is 538 g/mol. The van der Waals surface area contributed by atoms with Gasteiger partial charge in [-0.15, -0.1) is 0 Å². The predicted octanol–water partition coefficient (Wildman–Crippen LogP) is 0.194. The Morgan fingerprint density at radius 2 is 1.59 bits per heavy atom. The summed E-state index contributed by atoms with van der Waals surface area (Å²) in [4.78, 5) is 61.8. The van der Waals surface area contributed by atoms with Gasteiger partial charge in [-0.2, -0.15) is 0 Å². The van der Waals surface area contributed by atoms with Gasteiger partial charge in [-0.1, -0.05) is 48.5 Å². The van der Waals surface area contributed by atoms with Crippen molar-refractivity contribution in [3.63, 3.8) is 0 Å². The highest BCUT2D eigenvalue weighted by molar-refractivity contribution is 5.93. The summed E-state index contributed by atoms with van der Waals surface area (Å²) in [5.74, 6) is -3.35. The van der Waals surface area contributed by atoms with Gasteiger partial charge in [-0.25, -0.2) is 9.59 Å². The Balaban J connectivity index is 1.21. The van der Waals surface area contributed by atoms with E-state index in [0.717, 1.165) is 22.3 Å². The van der Waals surface area contributed by atoms with Crippen LogP contribution < -0.4 is 16.0 Å². The molecule has 39 heavy (non-hydrogen) atoms. The molecule has 12 heteroatoms. The van der Waals surface area contributed by atoms with Gasteiger partial charge in [-0.3, -0.25) is 14.4 Å². The number of carbonyl (C=O) groups is 5. The number of aliphatic hydroxyl groups excluding tert-OH is 1. The molecule has 2 atom stereocenters. The van der Waals surface area contributed by atoms with Crippen LogP contribution in [0.5, 0.6) is 0 Å². The van der Waals surface area contributed by atoms with Crippen molar-refractivity contribution >= 4 is 29.8 Å². The number of nitrogens with one attached hydrogen (secondary N) is 3. The van der Waals surface area contributed by atoms with Gasteiger partial charge in [0, 0.05) is 12.5 Å². The molecule has 2 aromatic carbocycles. The van der Waals surface area contributed by atoms with Gasteiger partial charge in [0.15, 0.2) is 0 Å². The molecule has 12 nitrogen and oxygen atoms in total. The number of ether oxygens (including phenoxy) is 1. The molecule has 0 radical (unpaired) electrons. The van der Waals surface area contributed by atoms with Crippen LogP contribution in [0.2, 0.25) is 0 Å². The molecule has 2 aliphatic rings. The first-order valence-corrected chi connectivity index (χ1v) is 12.6. The molecule has 1 aliphatic carbocycles. The molecule has 4 rings (SSSR count). The third-order valence-electron chi connectivity index (χ3n) is 6.85. The van der Waals surface area contributed by atoms with Crippen LogP contribution in [0.15, 0.2) is 48.5 Å². The van der Waals surface area contributed by atoms with Gasteiger partial charge >= 0.3 is 12.1 Å². The van der Waals surface area contributed by atoms with Gasteiger partial charge in [0.1, 0.15) is 25.2 Å². The van der Waals surface area contributed by atoms with Gasteiger partial charge in [-0.05, 0) is 35.1 Å². The van der Waals surface area contributed by atoms with Crippen molar-refractivity contribution in [2.45, 2.75) is 30.8 Å². The standard InChI is InChI=1S/C27H30N4O8/c32-14-21(26(36)37)30-25(35)22-10-5-11-31(22)24(34)13-28-23(33)12-29-27(38)39-15-20-18-8-3-1-6-16(18)17-7-2-4-9-19(17)20/h1-4,6-9,20-22,32H,5,10-15H2,(H,28,33)(H,29,38)(H,30,35)(H,36,37)/t21-,22-/m0/s1. The number of hydrogen-bond acceptors (Lipinski definition) is 7. The van der Waals surface area contributed by atoms with E-state index in [0.29, 0.717) is 12.8 Å². The fourth-order valence-corrected chi connectivity index (χ4v) is 4.93. The fourth-order valence-electron chi connectivity index (χ4n) is 4.93. The largest absolute Gasteiger partial charge is 0.480 e. The number of carboxylic acid groups (broad SMARTS) is 1. The van der Waals surface area contributed by atoms with E-state index in [1.807, 2.05) is 48.5 Å². The lowest BCUT2D eigenvalue weighted by atomic mass is 9.98. The highest BCUT2D eigenvalue weighted by Crippen LogP contribution is 2.44. The number of carboxylic acids is 1. The molecular formula is C27H30N4O8. The first-order chi connectivity index (χ1) is 18.8. The van der Waals surface area contributed by atoms with Crippen LogP contribution in [-0.4, -0.2) is 89.8 Å². The zero-order valence-electron chi connectivity index (χ0n) is 21.1. The smallest absolute Gasteiger partial charge is 0.407 e. The maximum atomic E-state index is 12.6. The Morgan fingerprint density at radius 3 is 2.21 bits per heavy atom. The number of aliphatic carboxylic acids is 1. The second-order valence-corrected chi connectivity index (χ2v) is 9.28. The lowest BCUT2D eigenvalue weighted by molar-refractivity contribution is -0.144. The SMILES string of the molecule is O=C(CNC(=O)OCC1c2ccccc2-c2ccccc21)NCC(=O)N1CCC[C@H]1C(=O)N[C@@H](CO)C(=O)O. The van der Waals surface area contributed by atoms with Crippen LogP contribution in [0, 0.1) is 0 Å². The highest BCUT2D eigenvalue weighted by atomic mass is 16.5. The molecule has 1 saturated heterocycles. The Kier molecular flexibility index (Phi) is 8.77. The molecule has 1 aliphatic heterocycles. The first kappa shape index (κ1) is 27.6. The summed E-state index contributed by atoms with van der Waals surface area (Å²) in [6.07, 6.45) is 0.0800. The Morgan fingerprint density at radius 1 is 0.949 bits per heavy atom. The van der Waals surface area contributed by atoms with Gasteiger partial charge < -0.3 is 35.8 Å². The predicted molar refractivity (Wildman–Crippen MR) is 137 cm³/mol. The van der Waals surface area contributed by atoms with Crippen LogP contribution in [0.25, 0.3) is 11.1 Å². The average molecular weight is 539 g/mol. The van der Waals surface area contributed by atoms with Crippen molar-refractivity contribution in [1.82, 2.24) is 20.9 Å². The second kappa shape index (κ2) is 12.4. The summed E-state index contributed by atoms with van der Waals surface area (Å²) in [5.41, 5.74) is 4.32.